The summed E-state index contributed by atoms with van der Waals surface area (Å²) in [6.07, 6.45) is 1.68. The molecule has 98 valence electrons. The predicted molar refractivity (Wildman–Crippen MR) is 70.9 cm³/mol. The van der Waals surface area contributed by atoms with Gasteiger partial charge in [-0.1, -0.05) is 6.07 Å². The number of ether oxygens (including phenoxy) is 2. The van der Waals surface area contributed by atoms with Gasteiger partial charge in [-0.15, -0.1) is 0 Å². The molecule has 5 heteroatoms. The standard InChI is InChI=1S/C14H14N2O3/c17-9-10-2-1-5-15-14(10)16-11-3-4-12-13(8-11)19-7-6-18-12/h1-5,8,17H,6-7,9H2,(H,15,16). The lowest BCUT2D eigenvalue weighted by Gasteiger charge is -2.19. The quantitative estimate of drug-likeness (QED) is 0.882. The number of rotatable bonds is 3. The molecule has 19 heavy (non-hydrogen) atoms. The Balaban J connectivity index is 1.87. The van der Waals surface area contributed by atoms with Crippen LogP contribution in [0.5, 0.6) is 11.5 Å². The third-order valence-corrected chi connectivity index (χ3v) is 2.87. The van der Waals surface area contributed by atoms with Crippen molar-refractivity contribution >= 4 is 11.5 Å². The Morgan fingerprint density at radius 1 is 1.16 bits per heavy atom. The molecule has 0 amide bonds. The summed E-state index contributed by atoms with van der Waals surface area (Å²) in [5, 5.41) is 12.4. The van der Waals surface area contributed by atoms with Gasteiger partial charge in [-0.3, -0.25) is 0 Å². The summed E-state index contributed by atoms with van der Waals surface area (Å²) in [6.45, 7) is 1.08. The fourth-order valence-electron chi connectivity index (χ4n) is 1.94. The highest BCUT2D eigenvalue weighted by atomic mass is 16.6. The zero-order valence-corrected chi connectivity index (χ0v) is 10.3. The van der Waals surface area contributed by atoms with Gasteiger partial charge in [0.1, 0.15) is 19.0 Å². The highest BCUT2D eigenvalue weighted by molar-refractivity contribution is 5.63. The van der Waals surface area contributed by atoms with E-state index in [0.717, 1.165) is 22.7 Å². The minimum Gasteiger partial charge on any atom is -0.486 e. The fourth-order valence-corrected chi connectivity index (χ4v) is 1.94. The van der Waals surface area contributed by atoms with Gasteiger partial charge in [0.25, 0.3) is 0 Å². The van der Waals surface area contributed by atoms with Crippen molar-refractivity contribution in [2.24, 2.45) is 0 Å². The minimum absolute atomic E-state index is 0.0548. The van der Waals surface area contributed by atoms with Gasteiger partial charge < -0.3 is 19.9 Å². The van der Waals surface area contributed by atoms with Crippen LogP contribution >= 0.6 is 0 Å². The van der Waals surface area contributed by atoms with Crippen LogP contribution in [-0.4, -0.2) is 23.3 Å². The molecular formula is C14H14N2O3. The number of aliphatic hydroxyl groups is 1. The third-order valence-electron chi connectivity index (χ3n) is 2.87. The molecule has 2 N–H and O–H groups in total. The van der Waals surface area contributed by atoms with Gasteiger partial charge in [-0.05, 0) is 18.2 Å². The van der Waals surface area contributed by atoms with Crippen molar-refractivity contribution in [3.05, 3.63) is 42.1 Å². The molecule has 2 aromatic rings. The molecule has 0 radical (unpaired) electrons. The molecule has 0 unspecified atom stereocenters. The number of hydrogen-bond donors (Lipinski definition) is 2. The van der Waals surface area contributed by atoms with Gasteiger partial charge in [-0.25, -0.2) is 4.98 Å². The normalized spacial score (nSPS) is 13.1. The zero-order chi connectivity index (χ0) is 13.1. The van der Waals surface area contributed by atoms with E-state index in [1.165, 1.54) is 0 Å². The number of nitrogens with one attached hydrogen (secondary N) is 1. The number of aromatic nitrogens is 1. The second-order valence-corrected chi connectivity index (χ2v) is 4.15. The average Bonchev–Trinajstić information content (AvgIpc) is 2.48. The Morgan fingerprint density at radius 2 is 2.00 bits per heavy atom. The van der Waals surface area contributed by atoms with E-state index < -0.39 is 0 Å². The topological polar surface area (TPSA) is 63.6 Å². The first kappa shape index (κ1) is 11.8. The summed E-state index contributed by atoms with van der Waals surface area (Å²) in [7, 11) is 0. The smallest absolute Gasteiger partial charge is 0.163 e. The summed E-state index contributed by atoms with van der Waals surface area (Å²) >= 11 is 0. The van der Waals surface area contributed by atoms with Gasteiger partial charge in [0.05, 0.1) is 6.61 Å². The molecule has 1 aliphatic rings. The maximum atomic E-state index is 9.26. The lowest BCUT2D eigenvalue weighted by Crippen LogP contribution is -2.15. The number of benzene rings is 1. The van der Waals surface area contributed by atoms with Crippen molar-refractivity contribution in [3.8, 4) is 11.5 Å². The highest BCUT2D eigenvalue weighted by Crippen LogP contribution is 2.33. The van der Waals surface area contributed by atoms with Crippen molar-refractivity contribution in [2.45, 2.75) is 6.61 Å². The molecule has 0 spiro atoms. The van der Waals surface area contributed by atoms with Gasteiger partial charge in [0, 0.05) is 23.5 Å². The summed E-state index contributed by atoms with van der Waals surface area (Å²) in [4.78, 5) is 4.21. The number of pyridine rings is 1. The molecule has 1 aliphatic heterocycles. The average molecular weight is 258 g/mol. The van der Waals surface area contributed by atoms with Gasteiger partial charge >= 0.3 is 0 Å². The number of nitrogens with zero attached hydrogens (tertiary/aromatic N) is 1. The van der Waals surface area contributed by atoms with Gasteiger partial charge in [0.15, 0.2) is 11.5 Å². The Hall–Kier alpha value is -2.27. The molecule has 1 aromatic carbocycles. The highest BCUT2D eigenvalue weighted by Gasteiger charge is 2.12. The summed E-state index contributed by atoms with van der Waals surface area (Å²) in [5.41, 5.74) is 1.59. The Labute approximate surface area is 110 Å². The molecule has 0 saturated heterocycles. The van der Waals surface area contributed by atoms with E-state index in [4.69, 9.17) is 9.47 Å². The van der Waals surface area contributed by atoms with Gasteiger partial charge in [-0.2, -0.15) is 0 Å². The molecule has 1 aromatic heterocycles. The molecule has 2 heterocycles. The second kappa shape index (κ2) is 5.16. The largest absolute Gasteiger partial charge is 0.486 e. The molecular weight excluding hydrogens is 244 g/mol. The monoisotopic (exact) mass is 258 g/mol. The number of hydrogen-bond acceptors (Lipinski definition) is 5. The van der Waals surface area contributed by atoms with Crippen molar-refractivity contribution < 1.29 is 14.6 Å². The molecule has 0 bridgehead atoms. The van der Waals surface area contributed by atoms with Crippen LogP contribution in [0, 0.1) is 0 Å². The zero-order valence-electron chi connectivity index (χ0n) is 10.3. The van der Waals surface area contributed by atoms with E-state index in [-0.39, 0.29) is 6.61 Å². The van der Waals surface area contributed by atoms with Crippen LogP contribution in [0.3, 0.4) is 0 Å². The lowest BCUT2D eigenvalue weighted by molar-refractivity contribution is 0.171. The summed E-state index contributed by atoms with van der Waals surface area (Å²) in [6, 6.07) is 9.24. The predicted octanol–water partition coefficient (Wildman–Crippen LogP) is 2.09. The molecule has 0 fully saturated rings. The first-order valence-electron chi connectivity index (χ1n) is 6.08. The van der Waals surface area contributed by atoms with Crippen LogP contribution in [0.15, 0.2) is 36.5 Å². The summed E-state index contributed by atoms with van der Waals surface area (Å²) in [5.74, 6) is 2.11. The number of fused-ring (bicyclic) bond motifs is 1. The van der Waals surface area contributed by atoms with Crippen LogP contribution in [-0.2, 0) is 6.61 Å². The number of anilines is 2. The van der Waals surface area contributed by atoms with Crippen molar-refractivity contribution in [1.29, 1.82) is 0 Å². The van der Waals surface area contributed by atoms with Crippen LogP contribution in [0.2, 0.25) is 0 Å². The van der Waals surface area contributed by atoms with E-state index in [1.807, 2.05) is 24.3 Å². The minimum atomic E-state index is -0.0548. The molecule has 0 aliphatic carbocycles. The molecule has 3 rings (SSSR count). The third kappa shape index (κ3) is 2.46. The maximum absolute atomic E-state index is 9.26. The van der Waals surface area contributed by atoms with E-state index in [9.17, 15) is 5.11 Å². The van der Waals surface area contributed by atoms with E-state index >= 15 is 0 Å². The second-order valence-electron chi connectivity index (χ2n) is 4.15. The van der Waals surface area contributed by atoms with E-state index in [2.05, 4.69) is 10.3 Å². The van der Waals surface area contributed by atoms with Crippen LogP contribution < -0.4 is 14.8 Å². The SMILES string of the molecule is OCc1cccnc1Nc1ccc2c(c1)OCCO2. The lowest BCUT2D eigenvalue weighted by atomic mass is 10.2. The fraction of sp³-hybridized carbons (Fsp3) is 0.214. The Bertz CT molecular complexity index is 587. The molecule has 0 saturated carbocycles. The van der Waals surface area contributed by atoms with E-state index in [1.54, 1.807) is 12.3 Å². The summed E-state index contributed by atoms with van der Waals surface area (Å²) < 4.78 is 11.0. The van der Waals surface area contributed by atoms with Crippen LogP contribution in [0.25, 0.3) is 0 Å². The molecule has 5 nitrogen and oxygen atoms in total. The Morgan fingerprint density at radius 3 is 2.84 bits per heavy atom. The van der Waals surface area contributed by atoms with E-state index in [0.29, 0.717) is 19.0 Å². The Kier molecular flexibility index (Phi) is 3.20. The maximum Gasteiger partial charge on any atom is 0.163 e. The van der Waals surface area contributed by atoms with Gasteiger partial charge in [0.2, 0.25) is 0 Å². The van der Waals surface area contributed by atoms with Crippen LogP contribution in [0.1, 0.15) is 5.56 Å². The molecule has 0 atom stereocenters. The number of aliphatic hydroxyl groups excluding tert-OH is 1. The van der Waals surface area contributed by atoms with Crippen molar-refractivity contribution in [2.75, 3.05) is 18.5 Å². The van der Waals surface area contributed by atoms with Crippen molar-refractivity contribution in [3.63, 3.8) is 0 Å². The van der Waals surface area contributed by atoms with Crippen molar-refractivity contribution in [1.82, 2.24) is 4.98 Å². The first-order chi connectivity index (χ1) is 9.36. The first-order valence-corrected chi connectivity index (χ1v) is 6.08. The van der Waals surface area contributed by atoms with Crippen LogP contribution in [0.4, 0.5) is 11.5 Å².